The first-order chi connectivity index (χ1) is 8.03. The molecule has 4 heteroatoms. The number of aryl methyl sites for hydroxylation is 1. The summed E-state index contributed by atoms with van der Waals surface area (Å²) < 4.78 is 24.6. The zero-order valence-electron chi connectivity index (χ0n) is 9.22. The smallest absolute Gasteiger partial charge is 0.208 e. The third kappa shape index (κ3) is 2.21. The maximum atomic E-state index is 12.3. The van der Waals surface area contributed by atoms with Crippen molar-refractivity contribution in [2.75, 3.05) is 0 Å². The highest BCUT2D eigenvalue weighted by molar-refractivity contribution is 7.91. The summed E-state index contributed by atoms with van der Waals surface area (Å²) in [4.78, 5) is 0.415. The summed E-state index contributed by atoms with van der Waals surface area (Å²) in [5.74, 6) is 0. The van der Waals surface area contributed by atoms with Gasteiger partial charge in [0.2, 0.25) is 9.84 Å². The van der Waals surface area contributed by atoms with Crippen LogP contribution in [0.1, 0.15) is 5.56 Å². The lowest BCUT2D eigenvalue weighted by molar-refractivity contribution is 0.596. The summed E-state index contributed by atoms with van der Waals surface area (Å²) in [5, 5.41) is 0.288. The van der Waals surface area contributed by atoms with Gasteiger partial charge in [-0.1, -0.05) is 41.9 Å². The molecule has 0 N–H and O–H groups in total. The van der Waals surface area contributed by atoms with Crippen molar-refractivity contribution in [2.24, 2.45) is 0 Å². The van der Waals surface area contributed by atoms with Gasteiger partial charge >= 0.3 is 0 Å². The van der Waals surface area contributed by atoms with Gasteiger partial charge in [0.15, 0.2) is 0 Å². The summed E-state index contributed by atoms with van der Waals surface area (Å²) in [6.45, 7) is 1.78. The van der Waals surface area contributed by atoms with E-state index in [1.54, 1.807) is 49.4 Å². The fraction of sp³-hybridized carbons (Fsp3) is 0.0769. The average Bonchev–Trinajstić information content (AvgIpc) is 2.33. The number of benzene rings is 2. The van der Waals surface area contributed by atoms with Gasteiger partial charge in [0.1, 0.15) is 0 Å². The Hall–Kier alpha value is -1.32. The average molecular weight is 267 g/mol. The quantitative estimate of drug-likeness (QED) is 0.834. The van der Waals surface area contributed by atoms with Crippen molar-refractivity contribution in [3.63, 3.8) is 0 Å². The van der Waals surface area contributed by atoms with Crippen LogP contribution in [-0.4, -0.2) is 8.42 Å². The van der Waals surface area contributed by atoms with E-state index in [9.17, 15) is 8.42 Å². The molecule has 0 unspecified atom stereocenters. The van der Waals surface area contributed by atoms with Crippen molar-refractivity contribution in [1.29, 1.82) is 0 Å². The molecule has 17 heavy (non-hydrogen) atoms. The van der Waals surface area contributed by atoms with Crippen molar-refractivity contribution in [3.8, 4) is 0 Å². The molecule has 0 saturated carbocycles. The fourth-order valence-electron chi connectivity index (χ4n) is 1.55. The second-order valence-electron chi connectivity index (χ2n) is 3.70. The molecule has 0 aliphatic carbocycles. The van der Waals surface area contributed by atoms with E-state index in [1.807, 2.05) is 0 Å². The Bertz CT molecular complexity index is 634. The van der Waals surface area contributed by atoms with Crippen LogP contribution in [0.4, 0.5) is 0 Å². The molecule has 0 bridgehead atoms. The van der Waals surface area contributed by atoms with Crippen LogP contribution in [-0.2, 0) is 9.84 Å². The highest BCUT2D eigenvalue weighted by atomic mass is 35.5. The minimum atomic E-state index is -3.52. The summed E-state index contributed by atoms with van der Waals surface area (Å²) >= 11 is 6.05. The first kappa shape index (κ1) is 12.1. The molecule has 0 atom stereocenters. The van der Waals surface area contributed by atoms with Gasteiger partial charge in [-0.2, -0.15) is 0 Å². The molecule has 0 fully saturated rings. The van der Waals surface area contributed by atoms with Crippen LogP contribution in [0.2, 0.25) is 5.02 Å². The molecule has 0 amide bonds. The van der Waals surface area contributed by atoms with Gasteiger partial charge in [0.05, 0.1) is 14.8 Å². The fourth-order valence-corrected chi connectivity index (χ4v) is 3.41. The molecule has 88 valence electrons. The number of hydrogen-bond donors (Lipinski definition) is 0. The van der Waals surface area contributed by atoms with Crippen LogP contribution in [0, 0.1) is 6.92 Å². The molecule has 0 radical (unpaired) electrons. The highest BCUT2D eigenvalue weighted by Crippen LogP contribution is 2.29. The van der Waals surface area contributed by atoms with E-state index in [-0.39, 0.29) is 14.8 Å². The highest BCUT2D eigenvalue weighted by Gasteiger charge is 2.20. The Morgan fingerprint density at radius 2 is 1.59 bits per heavy atom. The second kappa shape index (κ2) is 4.51. The van der Waals surface area contributed by atoms with E-state index in [0.717, 1.165) is 5.56 Å². The Kier molecular flexibility index (Phi) is 3.22. The lowest BCUT2D eigenvalue weighted by Gasteiger charge is -2.08. The third-order valence-electron chi connectivity index (χ3n) is 2.50. The molecule has 2 rings (SSSR count). The van der Waals surface area contributed by atoms with Gasteiger partial charge in [0.25, 0.3) is 0 Å². The maximum Gasteiger partial charge on any atom is 0.208 e. The van der Waals surface area contributed by atoms with Crippen LogP contribution >= 0.6 is 11.6 Å². The first-order valence-electron chi connectivity index (χ1n) is 5.09. The lowest BCUT2D eigenvalue weighted by atomic mass is 10.2. The third-order valence-corrected chi connectivity index (χ3v) is 4.93. The Labute approximate surface area is 106 Å². The summed E-state index contributed by atoms with van der Waals surface area (Å²) in [7, 11) is -3.52. The lowest BCUT2D eigenvalue weighted by Crippen LogP contribution is -2.03. The normalized spacial score (nSPS) is 11.4. The van der Waals surface area contributed by atoms with Crippen molar-refractivity contribution in [1.82, 2.24) is 0 Å². The van der Waals surface area contributed by atoms with E-state index in [0.29, 0.717) is 0 Å². The van der Waals surface area contributed by atoms with Crippen molar-refractivity contribution >= 4 is 21.4 Å². The molecule has 2 aromatic carbocycles. The zero-order valence-corrected chi connectivity index (χ0v) is 10.8. The van der Waals surface area contributed by atoms with Crippen LogP contribution in [0.15, 0.2) is 58.3 Å². The predicted octanol–water partition coefficient (Wildman–Crippen LogP) is 3.48. The minimum absolute atomic E-state index is 0.158. The van der Waals surface area contributed by atoms with Crippen molar-refractivity contribution < 1.29 is 8.42 Å². The van der Waals surface area contributed by atoms with Gasteiger partial charge in [0, 0.05) is 0 Å². The van der Waals surface area contributed by atoms with Crippen molar-refractivity contribution in [3.05, 3.63) is 59.1 Å². The van der Waals surface area contributed by atoms with E-state index < -0.39 is 9.84 Å². The Morgan fingerprint density at radius 3 is 2.24 bits per heavy atom. The van der Waals surface area contributed by atoms with E-state index in [2.05, 4.69) is 0 Å². The van der Waals surface area contributed by atoms with E-state index in [1.165, 1.54) is 6.07 Å². The molecule has 0 aromatic heterocycles. The molecule has 2 aromatic rings. The van der Waals surface area contributed by atoms with Gasteiger partial charge < -0.3 is 0 Å². The number of rotatable bonds is 2. The van der Waals surface area contributed by atoms with E-state index in [4.69, 9.17) is 11.6 Å². The minimum Gasteiger partial charge on any atom is -0.218 e. The van der Waals surface area contributed by atoms with Gasteiger partial charge in [-0.3, -0.25) is 0 Å². The monoisotopic (exact) mass is 266 g/mol. The van der Waals surface area contributed by atoms with Crippen LogP contribution in [0.3, 0.4) is 0 Å². The number of halogens is 1. The molecule has 2 nitrogen and oxygen atoms in total. The zero-order chi connectivity index (χ0) is 12.5. The molecule has 0 spiro atoms. The van der Waals surface area contributed by atoms with Crippen molar-refractivity contribution in [2.45, 2.75) is 16.7 Å². The Balaban J connectivity index is 2.65. The summed E-state index contributed by atoms with van der Waals surface area (Å²) in [5.41, 5.74) is 0.753. The molecule has 0 saturated heterocycles. The predicted molar refractivity (Wildman–Crippen MR) is 68.1 cm³/mol. The van der Waals surface area contributed by atoms with E-state index >= 15 is 0 Å². The number of hydrogen-bond acceptors (Lipinski definition) is 2. The molecule has 0 heterocycles. The van der Waals surface area contributed by atoms with Gasteiger partial charge in [-0.15, -0.1) is 0 Å². The first-order valence-corrected chi connectivity index (χ1v) is 6.95. The molecular formula is C13H11ClO2S. The standard InChI is InChI=1S/C13H11ClO2S/c1-10-6-5-9-12(13(10)14)17(15,16)11-7-3-2-4-8-11/h2-9H,1H3. The van der Waals surface area contributed by atoms with Gasteiger partial charge in [-0.05, 0) is 30.7 Å². The largest absolute Gasteiger partial charge is 0.218 e. The maximum absolute atomic E-state index is 12.3. The van der Waals surface area contributed by atoms with Crippen LogP contribution in [0.5, 0.6) is 0 Å². The SMILES string of the molecule is Cc1cccc(S(=O)(=O)c2ccccc2)c1Cl. The number of sulfone groups is 1. The topological polar surface area (TPSA) is 34.1 Å². The Morgan fingerprint density at radius 1 is 0.941 bits per heavy atom. The molecular weight excluding hydrogens is 256 g/mol. The van der Waals surface area contributed by atoms with Crippen LogP contribution in [0.25, 0.3) is 0 Å². The van der Waals surface area contributed by atoms with Crippen LogP contribution < -0.4 is 0 Å². The summed E-state index contributed by atoms with van der Waals surface area (Å²) in [6.07, 6.45) is 0. The van der Waals surface area contributed by atoms with Gasteiger partial charge in [-0.25, -0.2) is 8.42 Å². The second-order valence-corrected chi connectivity index (χ2v) is 6.00. The summed E-state index contributed by atoms with van der Waals surface area (Å²) in [6, 6.07) is 13.3. The molecule has 0 aliphatic heterocycles. The molecule has 0 aliphatic rings.